The van der Waals surface area contributed by atoms with Gasteiger partial charge in [0.25, 0.3) is 0 Å². The molecule has 31 heavy (non-hydrogen) atoms. The van der Waals surface area contributed by atoms with Gasteiger partial charge in [0.2, 0.25) is 0 Å². The van der Waals surface area contributed by atoms with Crippen molar-refractivity contribution in [1.82, 2.24) is 0 Å². The van der Waals surface area contributed by atoms with Crippen molar-refractivity contribution in [1.29, 1.82) is 0 Å². The summed E-state index contributed by atoms with van der Waals surface area (Å²) in [6.45, 7) is 6.50. The fraction of sp³-hybridized carbons (Fsp3) is 0.652. The molecule has 0 aliphatic rings. The molecular weight excluding hydrogens is 404 g/mol. The third kappa shape index (κ3) is 16.4. The highest BCUT2D eigenvalue weighted by Crippen LogP contribution is 2.10. The van der Waals surface area contributed by atoms with Crippen LogP contribution < -0.4 is 4.74 Å². The summed E-state index contributed by atoms with van der Waals surface area (Å²) in [6.07, 6.45) is 4.30. The smallest absolute Gasteiger partial charge is 0.305 e. The van der Waals surface area contributed by atoms with Crippen molar-refractivity contribution in [3.63, 3.8) is 0 Å². The van der Waals surface area contributed by atoms with Crippen LogP contribution in [0.2, 0.25) is 0 Å². The van der Waals surface area contributed by atoms with E-state index in [2.05, 4.69) is 6.92 Å². The fourth-order valence-electron chi connectivity index (χ4n) is 2.43. The molecule has 0 radical (unpaired) electrons. The zero-order valence-electron chi connectivity index (χ0n) is 18.6. The highest BCUT2D eigenvalue weighted by atomic mass is 16.6. The molecule has 0 aliphatic heterocycles. The number of aldehydes is 1. The first-order chi connectivity index (χ1) is 15.3. The van der Waals surface area contributed by atoms with Crippen LogP contribution in [0.25, 0.3) is 0 Å². The predicted octanol–water partition coefficient (Wildman–Crippen LogP) is 3.07. The van der Waals surface area contributed by atoms with Gasteiger partial charge in [-0.2, -0.15) is 0 Å². The molecule has 0 saturated heterocycles. The Morgan fingerprint density at radius 2 is 1.26 bits per heavy atom. The molecular formula is C23H36O8. The van der Waals surface area contributed by atoms with Gasteiger partial charge in [-0.15, -0.1) is 0 Å². The van der Waals surface area contributed by atoms with Crippen LogP contribution in [0.5, 0.6) is 5.75 Å². The number of rotatable bonds is 21. The predicted molar refractivity (Wildman–Crippen MR) is 116 cm³/mol. The van der Waals surface area contributed by atoms with E-state index in [1.54, 1.807) is 24.3 Å². The molecule has 0 spiro atoms. The normalized spacial score (nSPS) is 10.7. The van der Waals surface area contributed by atoms with Crippen LogP contribution in [0.3, 0.4) is 0 Å². The van der Waals surface area contributed by atoms with E-state index in [9.17, 15) is 9.59 Å². The SMILES string of the molecule is CCCCCC(=O)OCCOCCOCCOCCOCCOc1ccc(C=O)cc1. The quantitative estimate of drug-likeness (QED) is 0.164. The monoisotopic (exact) mass is 440 g/mol. The first kappa shape index (κ1) is 27.0. The van der Waals surface area contributed by atoms with Gasteiger partial charge in [0.05, 0.1) is 52.9 Å². The molecule has 0 atom stereocenters. The van der Waals surface area contributed by atoms with Gasteiger partial charge in [-0.05, 0) is 30.7 Å². The Hall–Kier alpha value is -2.00. The summed E-state index contributed by atoms with van der Waals surface area (Å²) in [7, 11) is 0. The number of benzene rings is 1. The zero-order valence-corrected chi connectivity index (χ0v) is 18.6. The van der Waals surface area contributed by atoms with Crippen LogP contribution >= 0.6 is 0 Å². The van der Waals surface area contributed by atoms with Crippen molar-refractivity contribution in [2.45, 2.75) is 32.6 Å². The van der Waals surface area contributed by atoms with E-state index in [-0.39, 0.29) is 12.6 Å². The molecule has 0 N–H and O–H groups in total. The Balaban J connectivity index is 1.75. The number of unbranched alkanes of at least 4 members (excludes halogenated alkanes) is 2. The van der Waals surface area contributed by atoms with Crippen molar-refractivity contribution < 1.29 is 38.0 Å². The Bertz CT molecular complexity index is 561. The third-order valence-corrected chi connectivity index (χ3v) is 4.10. The minimum Gasteiger partial charge on any atom is -0.491 e. The summed E-state index contributed by atoms with van der Waals surface area (Å²) < 4.78 is 32.2. The van der Waals surface area contributed by atoms with Gasteiger partial charge in [-0.1, -0.05) is 19.8 Å². The van der Waals surface area contributed by atoms with Gasteiger partial charge in [-0.25, -0.2) is 0 Å². The highest BCUT2D eigenvalue weighted by Gasteiger charge is 2.01. The van der Waals surface area contributed by atoms with Crippen molar-refractivity contribution in [2.24, 2.45) is 0 Å². The standard InChI is InChI=1S/C23H36O8/c1-2-3-4-5-23(25)31-19-17-29-15-13-27-11-10-26-12-14-28-16-18-30-22-8-6-21(20-24)7-9-22/h6-9,20H,2-5,10-19H2,1H3. The summed E-state index contributed by atoms with van der Waals surface area (Å²) in [5.41, 5.74) is 0.619. The number of carbonyl (C=O) groups is 2. The van der Waals surface area contributed by atoms with Gasteiger partial charge in [-0.3, -0.25) is 9.59 Å². The van der Waals surface area contributed by atoms with Crippen molar-refractivity contribution in [3.8, 4) is 5.75 Å². The minimum atomic E-state index is -0.160. The van der Waals surface area contributed by atoms with Gasteiger partial charge in [0, 0.05) is 12.0 Å². The third-order valence-electron chi connectivity index (χ3n) is 4.10. The van der Waals surface area contributed by atoms with E-state index in [0.717, 1.165) is 25.5 Å². The van der Waals surface area contributed by atoms with Gasteiger partial charge < -0.3 is 28.4 Å². The Morgan fingerprint density at radius 1 is 0.742 bits per heavy atom. The lowest BCUT2D eigenvalue weighted by atomic mass is 10.2. The largest absolute Gasteiger partial charge is 0.491 e. The first-order valence-corrected chi connectivity index (χ1v) is 10.9. The van der Waals surface area contributed by atoms with E-state index in [4.69, 9.17) is 28.4 Å². The van der Waals surface area contributed by atoms with Crippen LogP contribution in [-0.4, -0.2) is 78.3 Å². The summed E-state index contributed by atoms with van der Waals surface area (Å²) in [6, 6.07) is 6.92. The van der Waals surface area contributed by atoms with E-state index in [0.29, 0.717) is 77.2 Å². The lowest BCUT2D eigenvalue weighted by molar-refractivity contribution is -0.145. The maximum Gasteiger partial charge on any atom is 0.305 e. The van der Waals surface area contributed by atoms with Crippen LogP contribution in [0, 0.1) is 0 Å². The Kier molecular flexibility index (Phi) is 17.4. The fourth-order valence-corrected chi connectivity index (χ4v) is 2.43. The molecule has 0 saturated carbocycles. The zero-order chi connectivity index (χ0) is 22.4. The molecule has 0 heterocycles. The van der Waals surface area contributed by atoms with E-state index < -0.39 is 0 Å². The van der Waals surface area contributed by atoms with Crippen molar-refractivity contribution in [2.75, 3.05) is 66.1 Å². The van der Waals surface area contributed by atoms with Crippen LogP contribution in [-0.2, 0) is 28.5 Å². The second-order valence-corrected chi connectivity index (χ2v) is 6.66. The first-order valence-electron chi connectivity index (χ1n) is 10.9. The molecule has 0 unspecified atom stereocenters. The lowest BCUT2D eigenvalue weighted by Crippen LogP contribution is -2.15. The number of ether oxygens (including phenoxy) is 6. The summed E-state index contributed by atoms with van der Waals surface area (Å²) in [5.74, 6) is 0.544. The molecule has 0 aliphatic carbocycles. The lowest BCUT2D eigenvalue weighted by Gasteiger charge is -2.09. The number of esters is 1. The number of carbonyl (C=O) groups excluding carboxylic acids is 2. The Labute approximate surface area is 185 Å². The topological polar surface area (TPSA) is 89.5 Å². The van der Waals surface area contributed by atoms with Crippen molar-refractivity contribution >= 4 is 12.3 Å². The molecule has 0 fully saturated rings. The minimum absolute atomic E-state index is 0.160. The van der Waals surface area contributed by atoms with E-state index >= 15 is 0 Å². The average Bonchev–Trinajstić information content (AvgIpc) is 2.79. The number of hydrogen-bond acceptors (Lipinski definition) is 8. The molecule has 1 rings (SSSR count). The molecule has 0 aromatic heterocycles. The summed E-state index contributed by atoms with van der Waals surface area (Å²) >= 11 is 0. The second-order valence-electron chi connectivity index (χ2n) is 6.66. The maximum absolute atomic E-state index is 11.4. The second kappa shape index (κ2) is 19.9. The average molecular weight is 441 g/mol. The highest BCUT2D eigenvalue weighted by molar-refractivity contribution is 5.74. The molecule has 8 heteroatoms. The molecule has 176 valence electrons. The van der Waals surface area contributed by atoms with Crippen molar-refractivity contribution in [3.05, 3.63) is 29.8 Å². The van der Waals surface area contributed by atoms with E-state index in [1.165, 1.54) is 0 Å². The summed E-state index contributed by atoms with van der Waals surface area (Å²) in [4.78, 5) is 22.0. The Morgan fingerprint density at radius 3 is 1.77 bits per heavy atom. The van der Waals surface area contributed by atoms with Gasteiger partial charge in [0.15, 0.2) is 0 Å². The molecule has 0 bridgehead atoms. The number of hydrogen-bond donors (Lipinski definition) is 0. The van der Waals surface area contributed by atoms with Crippen LogP contribution in [0.1, 0.15) is 43.0 Å². The van der Waals surface area contributed by atoms with Crippen LogP contribution in [0.15, 0.2) is 24.3 Å². The molecule has 8 nitrogen and oxygen atoms in total. The summed E-state index contributed by atoms with van der Waals surface area (Å²) in [5, 5.41) is 0. The molecule has 0 amide bonds. The molecule has 1 aromatic rings. The van der Waals surface area contributed by atoms with Gasteiger partial charge in [0.1, 0.15) is 25.2 Å². The van der Waals surface area contributed by atoms with Crippen LogP contribution in [0.4, 0.5) is 0 Å². The maximum atomic E-state index is 11.4. The van der Waals surface area contributed by atoms with E-state index in [1.807, 2.05) is 0 Å². The van der Waals surface area contributed by atoms with Gasteiger partial charge >= 0.3 is 5.97 Å². The molecule has 1 aromatic carbocycles.